The van der Waals surface area contributed by atoms with Crippen molar-refractivity contribution < 1.29 is 0 Å². The Morgan fingerprint density at radius 2 is 1.90 bits per heavy atom. The number of hydrogen-bond acceptors (Lipinski definition) is 3. The van der Waals surface area contributed by atoms with Gasteiger partial charge in [0.15, 0.2) is 8.80 Å². The van der Waals surface area contributed by atoms with Gasteiger partial charge in [0.25, 0.3) is 0 Å². The van der Waals surface area contributed by atoms with Gasteiger partial charge in [0.2, 0.25) is 0 Å². The van der Waals surface area contributed by atoms with Crippen molar-refractivity contribution in [1.82, 2.24) is 0 Å². The first-order valence-electron chi connectivity index (χ1n) is 14.8. The Hall–Kier alpha value is -4.46. The minimum atomic E-state index is -1.15. The number of rotatable bonds is 6. The van der Waals surface area contributed by atoms with Gasteiger partial charge in [0.05, 0.1) is 18.5 Å². The maximum Gasteiger partial charge on any atom is 0.159 e. The average molecular weight is 563 g/mol. The Morgan fingerprint density at radius 3 is 2.69 bits per heavy atom. The van der Waals surface area contributed by atoms with E-state index in [1.54, 1.807) is 0 Å². The molecule has 2 aliphatic carbocycles. The van der Waals surface area contributed by atoms with Gasteiger partial charge in [-0.3, -0.25) is 4.99 Å². The molecule has 3 unspecified atom stereocenters. The van der Waals surface area contributed by atoms with E-state index in [-0.39, 0.29) is 11.8 Å². The summed E-state index contributed by atoms with van der Waals surface area (Å²) < 4.78 is 0. The first-order valence-corrected chi connectivity index (χ1v) is 16.3. The van der Waals surface area contributed by atoms with Crippen LogP contribution in [0.15, 0.2) is 154 Å². The Morgan fingerprint density at radius 1 is 1.10 bits per heavy atom. The molecule has 4 aliphatic rings. The predicted molar refractivity (Wildman–Crippen MR) is 178 cm³/mol. The highest BCUT2D eigenvalue weighted by molar-refractivity contribution is 6.93. The van der Waals surface area contributed by atoms with E-state index in [0.29, 0.717) is 12.5 Å². The lowest BCUT2D eigenvalue weighted by Crippen LogP contribution is -2.51. The van der Waals surface area contributed by atoms with Crippen LogP contribution in [0.25, 0.3) is 0 Å². The highest BCUT2D eigenvalue weighted by Crippen LogP contribution is 2.39. The smallest absolute Gasteiger partial charge is 0.159 e. The van der Waals surface area contributed by atoms with Gasteiger partial charge >= 0.3 is 0 Å². The molecule has 4 heteroatoms. The van der Waals surface area contributed by atoms with Crippen LogP contribution in [0.4, 0.5) is 5.69 Å². The quantitative estimate of drug-likeness (QED) is 0.277. The van der Waals surface area contributed by atoms with Crippen LogP contribution in [-0.2, 0) is 0 Å². The molecule has 0 spiro atoms. The second-order valence-electron chi connectivity index (χ2n) is 11.3. The molecule has 1 radical (unpaired) electrons. The Balaban J connectivity index is 1.43. The maximum atomic E-state index is 9.45. The number of dihydropyridines is 1. The van der Waals surface area contributed by atoms with Crippen LogP contribution in [0.5, 0.6) is 0 Å². The number of para-hydroxylation sites is 1. The Bertz CT molecular complexity index is 1670. The molecule has 42 heavy (non-hydrogen) atoms. The lowest BCUT2D eigenvalue weighted by Gasteiger charge is -2.41. The van der Waals surface area contributed by atoms with Crippen molar-refractivity contribution in [3.63, 3.8) is 0 Å². The molecule has 2 aromatic carbocycles. The largest absolute Gasteiger partial charge is 0.314 e. The zero-order chi connectivity index (χ0) is 29.1. The standard InChI is InChI=1S/C38H36N3Si/c1-4-29(30-12-11-13-31(22-30)32-21-28(24-39)25-40-26-32)23-33(5-2)41-35-16-9-10-17-37(35)42(34-14-7-6-8-15-34)38-19-18-27(3)20-36(38)41/h4-12,14-19,21-23,26-28,31H,2,13,20,25H2,1,3H3/b29-4+,33-23+. The molecular formula is C38H36N3Si. The SMILES string of the molecule is C=C/C(=C\C(=C/C)C1=CC(C2=CC(C#N)CN=C2)CC=C1)N1C2=C(C=CC(C)C2)[Si](c2ccccc2)c2ccccc21. The van der Waals surface area contributed by atoms with Crippen LogP contribution in [0.3, 0.4) is 0 Å². The molecule has 0 bridgehead atoms. The first-order chi connectivity index (χ1) is 20.6. The number of hydrogen-bond donors (Lipinski definition) is 0. The van der Waals surface area contributed by atoms with Crippen molar-refractivity contribution in [3.8, 4) is 6.07 Å². The van der Waals surface area contributed by atoms with E-state index in [9.17, 15) is 5.26 Å². The molecule has 3 atom stereocenters. The van der Waals surface area contributed by atoms with Crippen molar-refractivity contribution in [2.24, 2.45) is 22.7 Å². The van der Waals surface area contributed by atoms with Crippen LogP contribution >= 0.6 is 0 Å². The number of aliphatic imine (C=N–C) groups is 1. The highest BCUT2D eigenvalue weighted by Gasteiger charge is 2.36. The van der Waals surface area contributed by atoms with Crippen LogP contribution < -0.4 is 15.3 Å². The lowest BCUT2D eigenvalue weighted by atomic mass is 9.85. The van der Waals surface area contributed by atoms with Gasteiger partial charge in [-0.05, 0) is 71.0 Å². The lowest BCUT2D eigenvalue weighted by molar-refractivity contribution is 0.689. The van der Waals surface area contributed by atoms with E-state index in [2.05, 4.69) is 140 Å². The second kappa shape index (κ2) is 12.2. The summed E-state index contributed by atoms with van der Waals surface area (Å²) in [5, 5.41) is 13.7. The molecule has 0 N–H and O–H groups in total. The summed E-state index contributed by atoms with van der Waals surface area (Å²) in [7, 11) is -1.15. The van der Waals surface area contributed by atoms with E-state index in [0.717, 1.165) is 29.7 Å². The monoisotopic (exact) mass is 562 g/mol. The zero-order valence-corrected chi connectivity index (χ0v) is 25.4. The van der Waals surface area contributed by atoms with E-state index in [4.69, 9.17) is 0 Å². The zero-order valence-electron chi connectivity index (χ0n) is 24.4. The fourth-order valence-electron chi connectivity index (χ4n) is 6.37. The maximum absolute atomic E-state index is 9.45. The van der Waals surface area contributed by atoms with Gasteiger partial charge in [0, 0.05) is 29.2 Å². The molecule has 3 nitrogen and oxygen atoms in total. The molecule has 207 valence electrons. The van der Waals surface area contributed by atoms with E-state index in [1.807, 2.05) is 12.3 Å². The summed E-state index contributed by atoms with van der Waals surface area (Å²) in [5.74, 6) is 0.540. The molecule has 2 heterocycles. The molecule has 0 aromatic heterocycles. The minimum Gasteiger partial charge on any atom is -0.314 e. The summed E-state index contributed by atoms with van der Waals surface area (Å²) in [6, 6.07) is 22.3. The Kier molecular flexibility index (Phi) is 8.03. The van der Waals surface area contributed by atoms with Gasteiger partial charge < -0.3 is 4.90 Å². The summed E-state index contributed by atoms with van der Waals surface area (Å²) in [5.41, 5.74) is 7.21. The van der Waals surface area contributed by atoms with E-state index >= 15 is 0 Å². The predicted octanol–water partition coefficient (Wildman–Crippen LogP) is 7.17. The number of nitriles is 1. The Labute approximate surface area is 251 Å². The summed E-state index contributed by atoms with van der Waals surface area (Å²) in [6.07, 6.45) is 24.0. The summed E-state index contributed by atoms with van der Waals surface area (Å²) >= 11 is 0. The molecule has 0 saturated carbocycles. The fourth-order valence-corrected chi connectivity index (χ4v) is 9.29. The van der Waals surface area contributed by atoms with E-state index < -0.39 is 8.80 Å². The molecule has 0 amide bonds. The highest BCUT2D eigenvalue weighted by atomic mass is 28.3. The van der Waals surface area contributed by atoms with Gasteiger partial charge in [0.1, 0.15) is 0 Å². The van der Waals surface area contributed by atoms with E-state index in [1.165, 1.54) is 32.5 Å². The summed E-state index contributed by atoms with van der Waals surface area (Å²) in [4.78, 5) is 6.94. The van der Waals surface area contributed by atoms with Crippen molar-refractivity contribution >= 4 is 31.1 Å². The van der Waals surface area contributed by atoms with Crippen molar-refractivity contribution in [2.75, 3.05) is 11.4 Å². The van der Waals surface area contributed by atoms with Gasteiger partial charge in [-0.25, -0.2) is 0 Å². The van der Waals surface area contributed by atoms with Crippen LogP contribution in [0.2, 0.25) is 0 Å². The normalized spacial score (nSPS) is 24.0. The molecule has 2 aliphatic heterocycles. The van der Waals surface area contributed by atoms with Gasteiger partial charge in [-0.2, -0.15) is 5.26 Å². The molecule has 0 saturated heterocycles. The molecular weight excluding hydrogens is 527 g/mol. The first kappa shape index (κ1) is 27.7. The molecule has 0 fully saturated rings. The third kappa shape index (κ3) is 5.29. The second-order valence-corrected chi connectivity index (χ2v) is 13.7. The van der Waals surface area contributed by atoms with Crippen LogP contribution in [0, 0.1) is 29.1 Å². The van der Waals surface area contributed by atoms with Crippen molar-refractivity contribution in [1.29, 1.82) is 5.26 Å². The number of fused-ring (bicyclic) bond motifs is 1. The van der Waals surface area contributed by atoms with Gasteiger partial charge in [-0.15, -0.1) is 0 Å². The third-order valence-electron chi connectivity index (χ3n) is 8.45. The number of benzene rings is 2. The van der Waals surface area contributed by atoms with Crippen molar-refractivity contribution in [2.45, 2.75) is 26.7 Å². The molecule has 6 rings (SSSR count). The third-order valence-corrected chi connectivity index (χ3v) is 11.3. The van der Waals surface area contributed by atoms with Crippen LogP contribution in [-0.4, -0.2) is 21.6 Å². The number of allylic oxidation sites excluding steroid dienone is 13. The number of anilines is 1. The van der Waals surface area contributed by atoms with Crippen LogP contribution in [0.1, 0.15) is 26.7 Å². The number of nitrogens with zero attached hydrogens (tertiary/aromatic N) is 3. The topological polar surface area (TPSA) is 39.4 Å². The van der Waals surface area contributed by atoms with Gasteiger partial charge in [-0.1, -0.05) is 110 Å². The fraction of sp³-hybridized carbons (Fsp3) is 0.211. The van der Waals surface area contributed by atoms with Crippen molar-refractivity contribution in [3.05, 3.63) is 149 Å². The average Bonchev–Trinajstić information content (AvgIpc) is 3.05. The minimum absolute atomic E-state index is 0.142. The molecule has 2 aromatic rings. The summed E-state index contributed by atoms with van der Waals surface area (Å²) in [6.45, 7) is 9.29.